The number of alkyl halides is 3. The maximum Gasteiger partial charge on any atom is 0.573 e. The first-order valence-corrected chi connectivity index (χ1v) is 13.7. The van der Waals surface area contributed by atoms with E-state index in [1.54, 1.807) is 24.3 Å². The number of hydrogen-bond donors (Lipinski definition) is 1. The van der Waals surface area contributed by atoms with Crippen LogP contribution in [-0.2, 0) is 10.0 Å². The van der Waals surface area contributed by atoms with E-state index in [2.05, 4.69) is 14.9 Å². The van der Waals surface area contributed by atoms with Crippen LogP contribution >= 0.6 is 11.6 Å². The summed E-state index contributed by atoms with van der Waals surface area (Å²) in [6.07, 6.45) is -4.47. The number of sulfonamides is 1. The van der Waals surface area contributed by atoms with Gasteiger partial charge in [-0.2, -0.15) is 9.40 Å². The fraction of sp³-hybridized carbons (Fsp3) is 0.222. The minimum atomic E-state index is -4.88. The summed E-state index contributed by atoms with van der Waals surface area (Å²) in [4.78, 5) is -0.155. The van der Waals surface area contributed by atoms with Crippen molar-refractivity contribution in [2.75, 3.05) is 13.1 Å². The number of H-pyrrole nitrogens is 1. The van der Waals surface area contributed by atoms with Crippen molar-refractivity contribution >= 4 is 21.6 Å². The second-order valence-corrected chi connectivity index (χ2v) is 11.5. The summed E-state index contributed by atoms with van der Waals surface area (Å²) in [6.45, 7) is 0.233. The highest BCUT2D eigenvalue weighted by atomic mass is 35.5. The Kier molecular flexibility index (Phi) is 7.41. The minimum Gasteiger partial charge on any atom is -0.406 e. The molecular formula is C27H22ClF4N3O3S. The third-order valence-electron chi connectivity index (χ3n) is 6.70. The van der Waals surface area contributed by atoms with Gasteiger partial charge in [-0.15, -0.1) is 13.2 Å². The van der Waals surface area contributed by atoms with E-state index in [1.807, 2.05) is 18.2 Å². The van der Waals surface area contributed by atoms with Crippen LogP contribution in [0.3, 0.4) is 0 Å². The lowest BCUT2D eigenvalue weighted by molar-refractivity contribution is -0.274. The van der Waals surface area contributed by atoms with Crippen LogP contribution in [0.2, 0.25) is 5.02 Å². The molecule has 6 nitrogen and oxygen atoms in total. The van der Waals surface area contributed by atoms with Gasteiger partial charge in [0.05, 0.1) is 16.3 Å². The summed E-state index contributed by atoms with van der Waals surface area (Å²) in [5, 5.41) is 8.14. The van der Waals surface area contributed by atoms with Gasteiger partial charge in [0.2, 0.25) is 10.0 Å². The molecule has 2 heterocycles. The SMILES string of the molecule is O=S(=O)(c1ccc(OC(F)(F)F)cc1)N1CC[C@@H](c2cc(-c3ccc(Cl)cc3)[nH]n2)[C@H](c2ccc(F)cc2)C1. The molecule has 1 aromatic heterocycles. The van der Waals surface area contributed by atoms with Gasteiger partial charge >= 0.3 is 6.36 Å². The van der Waals surface area contributed by atoms with Crippen molar-refractivity contribution in [1.29, 1.82) is 0 Å². The highest BCUT2D eigenvalue weighted by molar-refractivity contribution is 7.89. The number of hydrogen-bond acceptors (Lipinski definition) is 4. The molecule has 1 saturated heterocycles. The van der Waals surface area contributed by atoms with Crippen LogP contribution in [-0.4, -0.2) is 42.4 Å². The topological polar surface area (TPSA) is 75.3 Å². The van der Waals surface area contributed by atoms with Crippen molar-refractivity contribution in [2.24, 2.45) is 0 Å². The second-order valence-electron chi connectivity index (χ2n) is 9.15. The third kappa shape index (κ3) is 6.10. The molecule has 0 amide bonds. The van der Waals surface area contributed by atoms with E-state index >= 15 is 0 Å². The van der Waals surface area contributed by atoms with Gasteiger partial charge in [-0.1, -0.05) is 35.9 Å². The zero-order chi connectivity index (χ0) is 27.8. The van der Waals surface area contributed by atoms with Gasteiger partial charge in [0.15, 0.2) is 0 Å². The van der Waals surface area contributed by atoms with Crippen molar-refractivity contribution in [3.8, 4) is 17.0 Å². The van der Waals surface area contributed by atoms with Gasteiger partial charge in [0, 0.05) is 29.9 Å². The molecule has 0 saturated carbocycles. The smallest absolute Gasteiger partial charge is 0.406 e. The maximum atomic E-state index is 13.7. The minimum absolute atomic E-state index is 0.0720. The summed E-state index contributed by atoms with van der Waals surface area (Å²) < 4.78 is 83.2. The van der Waals surface area contributed by atoms with E-state index < -0.39 is 28.0 Å². The van der Waals surface area contributed by atoms with Gasteiger partial charge in [-0.25, -0.2) is 12.8 Å². The zero-order valence-electron chi connectivity index (χ0n) is 20.2. The molecule has 0 radical (unpaired) electrons. The number of benzene rings is 3. The van der Waals surface area contributed by atoms with Crippen LogP contribution in [0.15, 0.2) is 83.8 Å². The van der Waals surface area contributed by atoms with Crippen molar-refractivity contribution in [2.45, 2.75) is 29.5 Å². The number of nitrogens with zero attached hydrogens (tertiary/aromatic N) is 2. The number of ether oxygens (including phenoxy) is 1. The molecule has 0 unspecified atom stereocenters. The average molecular weight is 580 g/mol. The third-order valence-corrected chi connectivity index (χ3v) is 8.83. The van der Waals surface area contributed by atoms with E-state index in [9.17, 15) is 26.0 Å². The number of halogens is 5. The Morgan fingerprint density at radius 3 is 2.26 bits per heavy atom. The van der Waals surface area contributed by atoms with E-state index in [0.29, 0.717) is 11.4 Å². The Balaban J connectivity index is 1.43. The van der Waals surface area contributed by atoms with Crippen molar-refractivity contribution < 1.29 is 30.7 Å². The molecule has 39 heavy (non-hydrogen) atoms. The molecular weight excluding hydrogens is 558 g/mol. The van der Waals surface area contributed by atoms with Gasteiger partial charge in [0.1, 0.15) is 11.6 Å². The van der Waals surface area contributed by atoms with E-state index in [0.717, 1.165) is 46.8 Å². The van der Waals surface area contributed by atoms with Crippen LogP contribution in [0.25, 0.3) is 11.3 Å². The first-order chi connectivity index (χ1) is 18.5. The Labute approximate surface area is 227 Å². The molecule has 1 fully saturated rings. The maximum absolute atomic E-state index is 13.7. The quantitative estimate of drug-likeness (QED) is 0.257. The van der Waals surface area contributed by atoms with Crippen LogP contribution in [0.4, 0.5) is 17.6 Å². The molecule has 12 heteroatoms. The highest BCUT2D eigenvalue weighted by Crippen LogP contribution is 2.41. The number of aromatic nitrogens is 2. The molecule has 0 aliphatic carbocycles. The lowest BCUT2D eigenvalue weighted by Crippen LogP contribution is -2.42. The van der Waals surface area contributed by atoms with Gasteiger partial charge in [0.25, 0.3) is 0 Å². The fourth-order valence-corrected chi connectivity index (χ4v) is 6.42. The number of piperidine rings is 1. The summed E-state index contributed by atoms with van der Waals surface area (Å²) in [7, 11) is -4.04. The van der Waals surface area contributed by atoms with Gasteiger partial charge in [-0.05, 0) is 72.1 Å². The highest BCUT2D eigenvalue weighted by Gasteiger charge is 2.38. The molecule has 5 rings (SSSR count). The molecule has 0 bridgehead atoms. The van der Waals surface area contributed by atoms with Crippen LogP contribution in [0.1, 0.15) is 29.5 Å². The predicted octanol–water partition coefficient (Wildman–Crippen LogP) is 6.73. The molecule has 3 aromatic carbocycles. The van der Waals surface area contributed by atoms with E-state index in [4.69, 9.17) is 11.6 Å². The summed E-state index contributed by atoms with van der Waals surface area (Å²) in [5.41, 5.74) is 3.14. The first kappa shape index (κ1) is 27.2. The molecule has 1 aliphatic rings. The Morgan fingerprint density at radius 2 is 1.62 bits per heavy atom. The predicted molar refractivity (Wildman–Crippen MR) is 137 cm³/mol. The monoisotopic (exact) mass is 579 g/mol. The first-order valence-electron chi connectivity index (χ1n) is 11.9. The summed E-state index contributed by atoms with van der Waals surface area (Å²) in [5.74, 6) is -1.47. The number of nitrogens with one attached hydrogen (secondary N) is 1. The van der Waals surface area contributed by atoms with Crippen LogP contribution < -0.4 is 4.74 Å². The number of aromatic amines is 1. The Morgan fingerprint density at radius 1 is 0.949 bits per heavy atom. The molecule has 204 valence electrons. The lowest BCUT2D eigenvalue weighted by atomic mass is 9.79. The van der Waals surface area contributed by atoms with Crippen molar-refractivity contribution in [3.63, 3.8) is 0 Å². The zero-order valence-corrected chi connectivity index (χ0v) is 21.8. The average Bonchev–Trinajstić information content (AvgIpc) is 3.39. The summed E-state index contributed by atoms with van der Waals surface area (Å²) in [6, 6.07) is 19.2. The van der Waals surface area contributed by atoms with Crippen LogP contribution in [0, 0.1) is 5.82 Å². The second kappa shape index (κ2) is 10.6. The Bertz CT molecular complexity index is 1540. The summed E-state index contributed by atoms with van der Waals surface area (Å²) >= 11 is 5.99. The van der Waals surface area contributed by atoms with Gasteiger partial charge in [-0.3, -0.25) is 5.10 Å². The number of rotatable bonds is 6. The largest absolute Gasteiger partial charge is 0.573 e. The molecule has 1 aliphatic heterocycles. The molecule has 4 aromatic rings. The molecule has 1 N–H and O–H groups in total. The van der Waals surface area contributed by atoms with E-state index in [-0.39, 0.29) is 29.8 Å². The van der Waals surface area contributed by atoms with E-state index in [1.165, 1.54) is 16.4 Å². The molecule has 0 spiro atoms. The van der Waals surface area contributed by atoms with Crippen molar-refractivity contribution in [3.05, 3.63) is 101 Å². The van der Waals surface area contributed by atoms with Gasteiger partial charge < -0.3 is 4.74 Å². The normalized spacial score (nSPS) is 18.7. The fourth-order valence-electron chi connectivity index (χ4n) is 4.81. The van der Waals surface area contributed by atoms with Crippen LogP contribution in [0.5, 0.6) is 5.75 Å². The van der Waals surface area contributed by atoms with Crippen molar-refractivity contribution in [1.82, 2.24) is 14.5 Å². The molecule has 2 atom stereocenters. The standard InChI is InChI=1S/C27H22ClF4N3O3S/c28-19-5-1-18(2-6-19)25-15-26(34-33-25)23-13-14-35(16-24(23)17-3-7-20(29)8-4-17)39(36,37)22-11-9-21(10-12-22)38-27(30,31)32/h1-12,15,23-24H,13-14,16H2,(H,33,34)/t23-,24+/m1/s1. The Hall–Kier alpha value is -3.41. The lowest BCUT2D eigenvalue weighted by Gasteiger charge is -2.37.